The smallest absolute Gasteiger partial charge is 0.306 e. The minimum Gasteiger partial charge on any atom is -0.462 e. The van der Waals surface area contributed by atoms with Gasteiger partial charge < -0.3 is 14.2 Å². The van der Waals surface area contributed by atoms with Crippen LogP contribution in [0.5, 0.6) is 0 Å². The molecule has 0 spiro atoms. The molecule has 0 bridgehead atoms. The molecule has 6 heteroatoms. The van der Waals surface area contributed by atoms with Gasteiger partial charge >= 0.3 is 17.9 Å². The summed E-state index contributed by atoms with van der Waals surface area (Å²) in [6.07, 6.45) is 78.8. The summed E-state index contributed by atoms with van der Waals surface area (Å²) in [6, 6.07) is 0. The van der Waals surface area contributed by atoms with Gasteiger partial charge in [-0.1, -0.05) is 219 Å². The highest BCUT2D eigenvalue weighted by Gasteiger charge is 2.19. The molecule has 0 aliphatic rings. The van der Waals surface area contributed by atoms with Crippen LogP contribution in [0.25, 0.3) is 0 Å². The molecule has 69 heavy (non-hydrogen) atoms. The molecule has 0 saturated carbocycles. The molecule has 0 heterocycles. The Hall–Kier alpha value is -4.45. The lowest BCUT2D eigenvalue weighted by Gasteiger charge is -2.18. The van der Waals surface area contributed by atoms with E-state index in [4.69, 9.17) is 14.2 Å². The molecule has 0 N–H and O–H groups in total. The fourth-order valence-corrected chi connectivity index (χ4v) is 6.98. The van der Waals surface area contributed by atoms with Gasteiger partial charge in [-0.2, -0.15) is 0 Å². The predicted molar refractivity (Wildman–Crippen MR) is 297 cm³/mol. The van der Waals surface area contributed by atoms with Gasteiger partial charge in [0, 0.05) is 19.3 Å². The molecule has 0 amide bonds. The van der Waals surface area contributed by atoms with Gasteiger partial charge in [0.05, 0.1) is 0 Å². The number of carbonyl (C=O) groups excluding carboxylic acids is 3. The molecule has 0 saturated heterocycles. The number of hydrogen-bond acceptors (Lipinski definition) is 6. The number of carbonyl (C=O) groups is 3. The van der Waals surface area contributed by atoms with Gasteiger partial charge in [0.15, 0.2) is 6.10 Å². The Morgan fingerprint density at radius 3 is 1.06 bits per heavy atom. The summed E-state index contributed by atoms with van der Waals surface area (Å²) in [7, 11) is 0. The molecule has 0 fully saturated rings. The van der Waals surface area contributed by atoms with Gasteiger partial charge in [-0.3, -0.25) is 14.4 Å². The van der Waals surface area contributed by atoms with Crippen molar-refractivity contribution in [3.05, 3.63) is 134 Å². The fourth-order valence-electron chi connectivity index (χ4n) is 6.98. The van der Waals surface area contributed by atoms with E-state index in [2.05, 4.69) is 142 Å². The molecule has 0 aromatic heterocycles. The van der Waals surface area contributed by atoms with Crippen LogP contribution in [0.15, 0.2) is 134 Å². The Morgan fingerprint density at radius 2 is 0.609 bits per heavy atom. The van der Waals surface area contributed by atoms with Crippen molar-refractivity contribution < 1.29 is 28.6 Å². The summed E-state index contributed by atoms with van der Waals surface area (Å²) in [6.45, 7) is 6.36. The summed E-state index contributed by atoms with van der Waals surface area (Å²) in [5.74, 6) is -1.09. The van der Waals surface area contributed by atoms with E-state index in [0.717, 1.165) is 96.3 Å². The largest absolute Gasteiger partial charge is 0.462 e. The molecule has 1 atom stereocenters. The van der Waals surface area contributed by atoms with Crippen LogP contribution >= 0.6 is 0 Å². The maximum atomic E-state index is 12.8. The van der Waals surface area contributed by atoms with Crippen LogP contribution in [0, 0.1) is 0 Å². The van der Waals surface area contributed by atoms with Crippen LogP contribution in [-0.4, -0.2) is 37.2 Å². The van der Waals surface area contributed by atoms with Crippen LogP contribution in [0.4, 0.5) is 0 Å². The summed E-state index contributed by atoms with van der Waals surface area (Å²) in [4.78, 5) is 38.1. The Morgan fingerprint density at radius 1 is 0.304 bits per heavy atom. The molecule has 0 aromatic rings. The van der Waals surface area contributed by atoms with Crippen molar-refractivity contribution in [1.82, 2.24) is 0 Å². The van der Waals surface area contributed by atoms with Gasteiger partial charge in [0.25, 0.3) is 0 Å². The Bertz CT molecular complexity index is 1510. The van der Waals surface area contributed by atoms with Gasteiger partial charge in [-0.05, 0) is 122 Å². The predicted octanol–water partition coefficient (Wildman–Crippen LogP) is 18.6. The lowest BCUT2D eigenvalue weighted by molar-refractivity contribution is -0.166. The molecule has 0 rings (SSSR count). The number of hydrogen-bond donors (Lipinski definition) is 0. The SMILES string of the molecule is CCC=CCC=CCC=CCC=CCC=CCC=CCCC(=O)OC[C@@H](COC(=O)CCCC=CCC=CCC=CCC=CCCCCC)OC(=O)CCCCCCCC=CCCCCCCCC. The maximum absolute atomic E-state index is 12.8. The molecule has 0 unspecified atom stereocenters. The van der Waals surface area contributed by atoms with Crippen molar-refractivity contribution in [1.29, 1.82) is 0 Å². The number of unbranched alkanes of at least 4 members (excludes halogenated alkanes) is 15. The van der Waals surface area contributed by atoms with Crippen molar-refractivity contribution >= 4 is 17.9 Å². The minimum atomic E-state index is -0.840. The first kappa shape index (κ1) is 64.5. The minimum absolute atomic E-state index is 0.137. The third-order valence-electron chi connectivity index (χ3n) is 11.1. The van der Waals surface area contributed by atoms with E-state index in [1.165, 1.54) is 77.0 Å². The van der Waals surface area contributed by atoms with Crippen LogP contribution in [0.3, 0.4) is 0 Å². The van der Waals surface area contributed by atoms with Crippen molar-refractivity contribution in [3.8, 4) is 0 Å². The number of ether oxygens (including phenoxy) is 3. The van der Waals surface area contributed by atoms with E-state index in [1.54, 1.807) is 0 Å². The zero-order chi connectivity index (χ0) is 50.0. The highest BCUT2D eigenvalue weighted by molar-refractivity contribution is 5.71. The molecular weight excluding hydrogens is 853 g/mol. The molecule has 0 aliphatic heterocycles. The van der Waals surface area contributed by atoms with E-state index >= 15 is 0 Å². The second kappa shape index (κ2) is 56.1. The van der Waals surface area contributed by atoms with Crippen molar-refractivity contribution in [2.75, 3.05) is 13.2 Å². The first-order chi connectivity index (χ1) is 34.0. The molecule has 6 nitrogen and oxygen atoms in total. The van der Waals surface area contributed by atoms with E-state index in [-0.39, 0.29) is 50.4 Å². The second-order valence-corrected chi connectivity index (χ2v) is 17.7. The van der Waals surface area contributed by atoms with Crippen molar-refractivity contribution in [2.24, 2.45) is 0 Å². The Kier molecular flexibility index (Phi) is 52.5. The second-order valence-electron chi connectivity index (χ2n) is 17.7. The quantitative estimate of drug-likeness (QED) is 0.0262. The molecule has 0 aromatic carbocycles. The Balaban J connectivity index is 4.62. The third kappa shape index (κ3) is 54.4. The number of rotatable bonds is 48. The van der Waals surface area contributed by atoms with E-state index in [1.807, 2.05) is 12.2 Å². The van der Waals surface area contributed by atoms with Crippen LogP contribution in [0.1, 0.15) is 226 Å². The molecule has 388 valence electrons. The van der Waals surface area contributed by atoms with Crippen LogP contribution in [0.2, 0.25) is 0 Å². The normalized spacial score (nSPS) is 13.1. The molecular formula is C63H100O6. The zero-order valence-corrected chi connectivity index (χ0v) is 44.3. The van der Waals surface area contributed by atoms with Crippen LogP contribution in [-0.2, 0) is 28.6 Å². The number of allylic oxidation sites excluding steroid dienone is 22. The molecule has 0 radical (unpaired) electrons. The summed E-state index contributed by atoms with van der Waals surface area (Å²) >= 11 is 0. The maximum Gasteiger partial charge on any atom is 0.306 e. The zero-order valence-electron chi connectivity index (χ0n) is 44.3. The average molecular weight is 953 g/mol. The van der Waals surface area contributed by atoms with Crippen molar-refractivity contribution in [3.63, 3.8) is 0 Å². The monoisotopic (exact) mass is 953 g/mol. The van der Waals surface area contributed by atoms with Gasteiger partial charge in [0.1, 0.15) is 13.2 Å². The summed E-state index contributed by atoms with van der Waals surface area (Å²) in [5, 5.41) is 0. The fraction of sp³-hybridized carbons (Fsp3) is 0.603. The van der Waals surface area contributed by atoms with E-state index < -0.39 is 6.10 Å². The van der Waals surface area contributed by atoms with Gasteiger partial charge in [0.2, 0.25) is 0 Å². The number of esters is 3. The lowest BCUT2D eigenvalue weighted by atomic mass is 10.1. The van der Waals surface area contributed by atoms with E-state index in [0.29, 0.717) is 12.8 Å². The first-order valence-corrected chi connectivity index (χ1v) is 27.7. The topological polar surface area (TPSA) is 78.9 Å². The van der Waals surface area contributed by atoms with Crippen LogP contribution < -0.4 is 0 Å². The van der Waals surface area contributed by atoms with Gasteiger partial charge in [-0.25, -0.2) is 0 Å². The summed E-state index contributed by atoms with van der Waals surface area (Å²) in [5.41, 5.74) is 0. The lowest BCUT2D eigenvalue weighted by Crippen LogP contribution is -2.30. The first-order valence-electron chi connectivity index (χ1n) is 27.7. The Labute approximate surface area is 424 Å². The third-order valence-corrected chi connectivity index (χ3v) is 11.1. The average Bonchev–Trinajstić information content (AvgIpc) is 3.35. The highest BCUT2D eigenvalue weighted by atomic mass is 16.6. The summed E-state index contributed by atoms with van der Waals surface area (Å²) < 4.78 is 16.7. The highest BCUT2D eigenvalue weighted by Crippen LogP contribution is 2.12. The van der Waals surface area contributed by atoms with E-state index in [9.17, 15) is 14.4 Å². The van der Waals surface area contributed by atoms with Crippen molar-refractivity contribution in [2.45, 2.75) is 232 Å². The standard InChI is InChI=1S/C63H100O6/c1-4-7-10-13-16-19-22-25-28-30-31-33-36-38-41-44-47-50-53-56-62(65)68-59-60(69-63(66)57-54-51-48-45-42-39-34-27-24-21-18-15-12-9-6-3)58-67-61(64)55-52-49-46-43-40-37-35-32-29-26-23-20-17-14-11-8-5-2/h7,10,16-17,19-20,25-29,31,33-35,37-38,41,43,46-47,50,60H,4-6,8-9,11-15,18,21-24,30,32,36,39-40,42,44-45,48-49,51-59H2,1-3H3/t60-/m1/s1. The molecule has 0 aliphatic carbocycles. The van der Waals surface area contributed by atoms with Gasteiger partial charge in [-0.15, -0.1) is 0 Å².